The standard InChI is InChI=1S/C36H46FN5O10S/c37-25-9-8-22-19-41(20-23(22)16-25)35(47)52-27-17-30-31(43)39-36(33(45)40-53(48,49)28-10-11-28)18-24(36)6-4-2-1-3-5-7-29(32(44)42(30)21-27)38-34(46)51-26-12-14-50-15-13-26/h4,6,8-9,16,24,26-30H,1-3,5,7,10-15,17-21H2,(H,38,46)(H,39,43)(H,40,45)/b6-4-/t24-,27-,29+,30+,36-/m1/s1. The fraction of sp³-hybridized carbons (Fsp3) is 0.639. The summed E-state index contributed by atoms with van der Waals surface area (Å²) < 4.78 is 58.4. The molecule has 3 N–H and O–H groups in total. The van der Waals surface area contributed by atoms with E-state index >= 15 is 0 Å². The van der Waals surface area contributed by atoms with Gasteiger partial charge >= 0.3 is 12.2 Å². The third-order valence-corrected chi connectivity index (χ3v) is 12.8. The first kappa shape index (κ1) is 37.1. The van der Waals surface area contributed by atoms with Gasteiger partial charge in [-0.05, 0) is 61.8 Å². The Kier molecular flexibility index (Phi) is 10.7. The summed E-state index contributed by atoms with van der Waals surface area (Å²) in [5, 5.41) is 4.86. The molecule has 5 amide bonds. The minimum absolute atomic E-state index is 0.115. The predicted molar refractivity (Wildman–Crippen MR) is 185 cm³/mol. The quantitative estimate of drug-likeness (QED) is 0.364. The fourth-order valence-electron chi connectivity index (χ4n) is 7.68. The molecule has 0 unspecified atom stereocenters. The van der Waals surface area contributed by atoms with E-state index in [-0.39, 0.29) is 45.0 Å². The Bertz CT molecular complexity index is 1770. The van der Waals surface area contributed by atoms with Crippen LogP contribution in [0.4, 0.5) is 14.0 Å². The van der Waals surface area contributed by atoms with Gasteiger partial charge in [-0.3, -0.25) is 24.0 Å². The molecule has 0 radical (unpaired) electrons. The average Bonchev–Trinajstić information content (AvgIpc) is 4.01. The van der Waals surface area contributed by atoms with Gasteiger partial charge < -0.3 is 29.7 Å². The molecule has 17 heteroatoms. The smallest absolute Gasteiger partial charge is 0.410 e. The molecule has 4 fully saturated rings. The van der Waals surface area contributed by atoms with Gasteiger partial charge in [0, 0.05) is 38.3 Å². The van der Waals surface area contributed by atoms with Crippen molar-refractivity contribution in [2.24, 2.45) is 5.92 Å². The van der Waals surface area contributed by atoms with Crippen LogP contribution >= 0.6 is 0 Å². The van der Waals surface area contributed by atoms with E-state index < -0.39 is 80.6 Å². The number of sulfonamides is 1. The van der Waals surface area contributed by atoms with E-state index in [2.05, 4.69) is 15.4 Å². The van der Waals surface area contributed by atoms with Gasteiger partial charge in [-0.1, -0.05) is 31.1 Å². The van der Waals surface area contributed by atoms with Gasteiger partial charge in [-0.15, -0.1) is 0 Å². The maximum Gasteiger partial charge on any atom is 0.410 e. The molecule has 7 rings (SSSR count). The monoisotopic (exact) mass is 759 g/mol. The highest BCUT2D eigenvalue weighted by Crippen LogP contribution is 2.46. The van der Waals surface area contributed by atoms with Crippen molar-refractivity contribution in [1.29, 1.82) is 0 Å². The molecule has 2 aliphatic carbocycles. The van der Waals surface area contributed by atoms with Crippen molar-refractivity contribution in [3.05, 3.63) is 47.3 Å². The molecule has 0 spiro atoms. The number of halogens is 1. The lowest BCUT2D eigenvalue weighted by Gasteiger charge is -2.30. The molecule has 53 heavy (non-hydrogen) atoms. The molecule has 6 aliphatic rings. The molecule has 15 nitrogen and oxygen atoms in total. The Balaban J connectivity index is 1.12. The number of carbonyl (C=O) groups excluding carboxylic acids is 5. The van der Waals surface area contributed by atoms with Gasteiger partial charge in [0.25, 0.3) is 5.91 Å². The van der Waals surface area contributed by atoms with Crippen LogP contribution in [0.2, 0.25) is 0 Å². The number of amides is 5. The molecule has 2 saturated carbocycles. The van der Waals surface area contributed by atoms with Gasteiger partial charge in [-0.25, -0.2) is 22.4 Å². The number of ether oxygens (including phenoxy) is 3. The summed E-state index contributed by atoms with van der Waals surface area (Å²) in [7, 11) is -3.92. The molecule has 4 aliphatic heterocycles. The summed E-state index contributed by atoms with van der Waals surface area (Å²) in [6.45, 7) is 1.05. The second kappa shape index (κ2) is 15.2. The van der Waals surface area contributed by atoms with E-state index in [4.69, 9.17) is 14.2 Å². The molecular formula is C36H46FN5O10S. The van der Waals surface area contributed by atoms with E-state index in [0.29, 0.717) is 57.3 Å². The van der Waals surface area contributed by atoms with Crippen molar-refractivity contribution < 1.29 is 51.0 Å². The molecule has 5 atom stereocenters. The maximum absolute atomic E-state index is 14.4. The second-order valence-electron chi connectivity index (χ2n) is 14.9. The van der Waals surface area contributed by atoms with Crippen LogP contribution in [0.25, 0.3) is 0 Å². The van der Waals surface area contributed by atoms with Gasteiger partial charge in [0.1, 0.15) is 35.6 Å². The lowest BCUT2D eigenvalue weighted by Crippen LogP contribution is -2.58. The predicted octanol–water partition coefficient (Wildman–Crippen LogP) is 2.52. The lowest BCUT2D eigenvalue weighted by atomic mass is 10.0. The topological polar surface area (TPSA) is 190 Å². The number of benzene rings is 1. The van der Waals surface area contributed by atoms with E-state index in [9.17, 15) is 36.8 Å². The van der Waals surface area contributed by atoms with Crippen molar-refractivity contribution in [2.45, 2.75) is 119 Å². The van der Waals surface area contributed by atoms with E-state index in [1.165, 1.54) is 21.9 Å². The summed E-state index contributed by atoms with van der Waals surface area (Å²) in [5.74, 6) is -3.02. The number of nitrogens with zero attached hydrogens (tertiary/aromatic N) is 2. The van der Waals surface area contributed by atoms with Crippen LogP contribution < -0.4 is 15.4 Å². The highest BCUT2D eigenvalue weighted by molar-refractivity contribution is 7.91. The number of allylic oxidation sites excluding steroid dienone is 1. The van der Waals surface area contributed by atoms with E-state index in [1.54, 1.807) is 6.07 Å². The number of fused-ring (bicyclic) bond motifs is 3. The van der Waals surface area contributed by atoms with Crippen LogP contribution in [0.15, 0.2) is 30.4 Å². The SMILES string of the molecule is O=C(N[C@H]1CCCCC/C=C\[C@@H]2C[C@@]2(C(=O)NS(=O)(=O)C2CC2)NC(=O)[C@@H]2C[C@@H](OC(=O)N3Cc4ccc(F)cc4C3)CN2C1=O)OC1CCOCC1. The molecule has 288 valence electrons. The summed E-state index contributed by atoms with van der Waals surface area (Å²) in [6.07, 6.45) is 5.94. The second-order valence-corrected chi connectivity index (χ2v) is 16.9. The Hall–Kier alpha value is -4.25. The molecule has 2 saturated heterocycles. The zero-order chi connectivity index (χ0) is 37.3. The summed E-state index contributed by atoms with van der Waals surface area (Å²) >= 11 is 0. The fourth-order valence-corrected chi connectivity index (χ4v) is 9.04. The summed E-state index contributed by atoms with van der Waals surface area (Å²) in [4.78, 5) is 71.3. The first-order valence-electron chi connectivity index (χ1n) is 18.5. The molecule has 4 heterocycles. The Morgan fingerprint density at radius 2 is 1.74 bits per heavy atom. The largest absolute Gasteiger partial charge is 0.446 e. The first-order valence-corrected chi connectivity index (χ1v) is 20.1. The van der Waals surface area contributed by atoms with Crippen LogP contribution in [0, 0.1) is 11.7 Å². The van der Waals surface area contributed by atoms with Crippen LogP contribution in [0.1, 0.15) is 81.8 Å². The zero-order valence-corrected chi connectivity index (χ0v) is 30.2. The van der Waals surface area contributed by atoms with E-state index in [1.807, 2.05) is 12.2 Å². The minimum atomic E-state index is -3.92. The molecule has 0 aromatic heterocycles. The molecule has 0 bridgehead atoms. The third-order valence-electron chi connectivity index (χ3n) is 11.0. The van der Waals surface area contributed by atoms with Crippen molar-refractivity contribution >= 4 is 39.9 Å². The number of nitrogens with one attached hydrogen (secondary N) is 3. The van der Waals surface area contributed by atoms with Gasteiger partial charge in [0.05, 0.1) is 25.0 Å². The van der Waals surface area contributed by atoms with Crippen LogP contribution in [-0.4, -0.2) is 103 Å². The third kappa shape index (κ3) is 8.45. The summed E-state index contributed by atoms with van der Waals surface area (Å²) in [5.41, 5.74) is -0.127. The van der Waals surface area contributed by atoms with Gasteiger partial charge in [0.2, 0.25) is 21.8 Å². The molecule has 1 aromatic rings. The maximum atomic E-state index is 14.4. The Morgan fingerprint density at radius 1 is 0.962 bits per heavy atom. The zero-order valence-electron chi connectivity index (χ0n) is 29.4. The van der Waals surface area contributed by atoms with Crippen molar-refractivity contribution in [3.8, 4) is 0 Å². The number of hydrogen-bond acceptors (Lipinski definition) is 10. The van der Waals surface area contributed by atoms with Gasteiger partial charge in [-0.2, -0.15) is 0 Å². The van der Waals surface area contributed by atoms with Crippen LogP contribution in [0.5, 0.6) is 0 Å². The average molecular weight is 760 g/mol. The Morgan fingerprint density at radius 3 is 2.51 bits per heavy atom. The van der Waals surface area contributed by atoms with Crippen molar-refractivity contribution in [1.82, 2.24) is 25.2 Å². The van der Waals surface area contributed by atoms with E-state index in [0.717, 1.165) is 18.4 Å². The molecule has 1 aromatic carbocycles. The molecular weight excluding hydrogens is 713 g/mol. The van der Waals surface area contributed by atoms with Crippen molar-refractivity contribution in [2.75, 3.05) is 19.8 Å². The number of carbonyl (C=O) groups is 5. The normalized spacial score (nSPS) is 30.1. The lowest BCUT2D eigenvalue weighted by molar-refractivity contribution is -0.141. The summed E-state index contributed by atoms with van der Waals surface area (Å²) in [6, 6.07) is 2.00. The Labute approximate surface area is 307 Å². The van der Waals surface area contributed by atoms with Crippen molar-refractivity contribution in [3.63, 3.8) is 0 Å². The number of hydrogen-bond donors (Lipinski definition) is 3. The minimum Gasteiger partial charge on any atom is -0.446 e. The first-order chi connectivity index (χ1) is 25.4. The number of alkyl carbamates (subject to hydrolysis) is 1. The highest BCUT2D eigenvalue weighted by Gasteiger charge is 2.62. The highest BCUT2D eigenvalue weighted by atomic mass is 32.2. The number of rotatable bonds is 6. The van der Waals surface area contributed by atoms with Gasteiger partial charge in [0.15, 0.2) is 0 Å². The van der Waals surface area contributed by atoms with Crippen LogP contribution in [-0.2, 0) is 51.7 Å². The van der Waals surface area contributed by atoms with Crippen LogP contribution in [0.3, 0.4) is 0 Å².